The SMILES string of the molecule is O=C1/C(=C/c2ccc(Br)cc2)N=C(c2cccc(Br)c2)N1CCc1nc2ccccc2[nH]1. The molecule has 0 radical (unpaired) electrons. The maximum absolute atomic E-state index is 13.3. The van der Waals surface area contributed by atoms with Crippen molar-refractivity contribution in [2.75, 3.05) is 6.54 Å². The minimum Gasteiger partial charge on any atom is -0.342 e. The molecule has 1 aromatic heterocycles. The molecule has 0 bridgehead atoms. The Labute approximate surface area is 202 Å². The second-order valence-electron chi connectivity index (χ2n) is 7.43. The number of nitrogens with zero attached hydrogens (tertiary/aromatic N) is 3. The van der Waals surface area contributed by atoms with Crippen molar-refractivity contribution >= 4 is 60.7 Å². The zero-order valence-corrected chi connectivity index (χ0v) is 20.1. The minimum absolute atomic E-state index is 0.112. The third-order valence-electron chi connectivity index (χ3n) is 5.21. The van der Waals surface area contributed by atoms with Gasteiger partial charge in [-0.3, -0.25) is 9.69 Å². The Morgan fingerprint density at radius 3 is 2.53 bits per heavy atom. The molecule has 5 rings (SSSR count). The van der Waals surface area contributed by atoms with Gasteiger partial charge in [-0.25, -0.2) is 9.98 Å². The first-order chi connectivity index (χ1) is 15.6. The Bertz CT molecular complexity index is 1340. The lowest BCUT2D eigenvalue weighted by atomic mass is 10.2. The van der Waals surface area contributed by atoms with Crippen LogP contribution in [0.3, 0.4) is 0 Å². The summed E-state index contributed by atoms with van der Waals surface area (Å²) < 4.78 is 1.93. The second kappa shape index (κ2) is 8.84. The van der Waals surface area contributed by atoms with Gasteiger partial charge in [0.05, 0.1) is 11.0 Å². The highest BCUT2D eigenvalue weighted by Gasteiger charge is 2.31. The highest BCUT2D eigenvalue weighted by molar-refractivity contribution is 9.10. The van der Waals surface area contributed by atoms with Crippen LogP contribution in [-0.4, -0.2) is 33.2 Å². The normalized spacial score (nSPS) is 15.1. The number of amidine groups is 1. The molecule has 158 valence electrons. The predicted octanol–water partition coefficient (Wildman–Crippen LogP) is 5.96. The molecule has 1 amide bonds. The summed E-state index contributed by atoms with van der Waals surface area (Å²) in [6.45, 7) is 0.474. The number of hydrogen-bond acceptors (Lipinski definition) is 3. The van der Waals surface area contributed by atoms with E-state index in [1.165, 1.54) is 0 Å². The van der Waals surface area contributed by atoms with E-state index in [0.717, 1.165) is 36.9 Å². The number of rotatable bonds is 5. The van der Waals surface area contributed by atoms with Crippen molar-refractivity contribution in [3.8, 4) is 0 Å². The monoisotopic (exact) mass is 548 g/mol. The van der Waals surface area contributed by atoms with Gasteiger partial charge in [-0.2, -0.15) is 0 Å². The van der Waals surface area contributed by atoms with Crippen LogP contribution in [0.15, 0.2) is 92.4 Å². The Morgan fingerprint density at radius 2 is 1.75 bits per heavy atom. The molecule has 5 nitrogen and oxygen atoms in total. The Morgan fingerprint density at radius 1 is 0.938 bits per heavy atom. The molecule has 1 aliphatic heterocycles. The van der Waals surface area contributed by atoms with Gasteiger partial charge in [0.1, 0.15) is 17.4 Å². The quantitative estimate of drug-likeness (QED) is 0.312. The lowest BCUT2D eigenvalue weighted by Crippen LogP contribution is -2.34. The van der Waals surface area contributed by atoms with Gasteiger partial charge in [0.2, 0.25) is 0 Å². The van der Waals surface area contributed by atoms with E-state index in [4.69, 9.17) is 4.99 Å². The number of imidazole rings is 1. The largest absolute Gasteiger partial charge is 0.342 e. The highest BCUT2D eigenvalue weighted by atomic mass is 79.9. The van der Waals surface area contributed by atoms with E-state index in [1.54, 1.807) is 4.90 Å². The average Bonchev–Trinajstić information content (AvgIpc) is 3.34. The summed E-state index contributed by atoms with van der Waals surface area (Å²) in [7, 11) is 0. The van der Waals surface area contributed by atoms with E-state index in [0.29, 0.717) is 24.5 Å². The number of aromatic nitrogens is 2. The molecule has 1 N–H and O–H groups in total. The zero-order chi connectivity index (χ0) is 22.1. The van der Waals surface area contributed by atoms with E-state index in [-0.39, 0.29) is 5.91 Å². The second-order valence-corrected chi connectivity index (χ2v) is 9.27. The first kappa shape index (κ1) is 20.8. The summed E-state index contributed by atoms with van der Waals surface area (Å²) in [5, 5.41) is 0. The molecule has 32 heavy (non-hydrogen) atoms. The van der Waals surface area contributed by atoms with Crippen molar-refractivity contribution in [2.45, 2.75) is 6.42 Å². The van der Waals surface area contributed by atoms with Gasteiger partial charge >= 0.3 is 0 Å². The number of aromatic amines is 1. The maximum Gasteiger partial charge on any atom is 0.278 e. The number of H-pyrrole nitrogens is 1. The summed E-state index contributed by atoms with van der Waals surface area (Å²) in [5.74, 6) is 1.38. The number of fused-ring (bicyclic) bond motifs is 1. The van der Waals surface area contributed by atoms with Gasteiger partial charge in [-0.05, 0) is 48.0 Å². The average molecular weight is 550 g/mol. The molecule has 7 heteroatoms. The van der Waals surface area contributed by atoms with Gasteiger partial charge in [0.15, 0.2) is 0 Å². The summed E-state index contributed by atoms with van der Waals surface area (Å²) in [6.07, 6.45) is 2.42. The number of carbonyl (C=O) groups is 1. The van der Waals surface area contributed by atoms with Crippen molar-refractivity contribution in [3.05, 3.63) is 104 Å². The number of nitrogens with one attached hydrogen (secondary N) is 1. The van der Waals surface area contributed by atoms with Crippen molar-refractivity contribution in [3.63, 3.8) is 0 Å². The van der Waals surface area contributed by atoms with Crippen LogP contribution in [0.2, 0.25) is 0 Å². The molecule has 0 aliphatic carbocycles. The zero-order valence-electron chi connectivity index (χ0n) is 16.9. The van der Waals surface area contributed by atoms with Crippen LogP contribution < -0.4 is 0 Å². The van der Waals surface area contributed by atoms with Crippen molar-refractivity contribution in [1.82, 2.24) is 14.9 Å². The minimum atomic E-state index is -0.112. The van der Waals surface area contributed by atoms with E-state index in [1.807, 2.05) is 78.9 Å². The summed E-state index contributed by atoms with van der Waals surface area (Å²) in [6, 6.07) is 23.6. The fourth-order valence-electron chi connectivity index (χ4n) is 3.66. The third-order valence-corrected chi connectivity index (χ3v) is 6.24. The predicted molar refractivity (Wildman–Crippen MR) is 134 cm³/mol. The Balaban J connectivity index is 1.46. The Kier molecular flexibility index (Phi) is 5.76. The molecule has 4 aromatic rings. The number of carbonyl (C=O) groups excluding carboxylic acids is 1. The van der Waals surface area contributed by atoms with E-state index in [2.05, 4.69) is 41.8 Å². The first-order valence-electron chi connectivity index (χ1n) is 10.1. The van der Waals surface area contributed by atoms with Crippen LogP contribution in [0.25, 0.3) is 17.1 Å². The molecule has 0 unspecified atom stereocenters. The van der Waals surface area contributed by atoms with E-state index < -0.39 is 0 Å². The van der Waals surface area contributed by atoms with E-state index >= 15 is 0 Å². The molecular formula is C25H18Br2N4O. The number of aliphatic imine (C=N–C) groups is 1. The van der Waals surface area contributed by atoms with E-state index in [9.17, 15) is 4.79 Å². The Hall–Kier alpha value is -3.03. The standard InChI is InChI=1S/C25H18Br2N4O/c26-18-10-8-16(9-11-18)14-22-25(32)31(24(30-22)17-4-3-5-19(27)15-17)13-12-23-28-20-6-1-2-7-21(20)29-23/h1-11,14-15H,12-13H2,(H,28,29)/b22-14-. The number of halogens is 2. The number of hydrogen-bond donors (Lipinski definition) is 1. The highest BCUT2D eigenvalue weighted by Crippen LogP contribution is 2.25. The molecule has 0 fully saturated rings. The number of para-hydroxylation sites is 2. The van der Waals surface area contributed by atoms with Crippen molar-refractivity contribution in [1.29, 1.82) is 0 Å². The summed E-state index contributed by atoms with van der Waals surface area (Å²) in [4.78, 5) is 27.8. The summed E-state index contributed by atoms with van der Waals surface area (Å²) >= 11 is 6.97. The lowest BCUT2D eigenvalue weighted by Gasteiger charge is -2.18. The van der Waals surface area contributed by atoms with Gasteiger partial charge in [0, 0.05) is 27.5 Å². The van der Waals surface area contributed by atoms with Crippen LogP contribution >= 0.6 is 31.9 Å². The van der Waals surface area contributed by atoms with Crippen molar-refractivity contribution < 1.29 is 4.79 Å². The molecule has 0 spiro atoms. The van der Waals surface area contributed by atoms with Gasteiger partial charge in [-0.1, -0.05) is 68.3 Å². The van der Waals surface area contributed by atoms with Crippen LogP contribution in [-0.2, 0) is 11.2 Å². The van der Waals surface area contributed by atoms with Crippen LogP contribution in [0.4, 0.5) is 0 Å². The van der Waals surface area contributed by atoms with Gasteiger partial charge in [-0.15, -0.1) is 0 Å². The topological polar surface area (TPSA) is 61.4 Å². The fourth-order valence-corrected chi connectivity index (χ4v) is 4.33. The molecule has 0 saturated carbocycles. The maximum atomic E-state index is 13.3. The van der Waals surface area contributed by atoms with Crippen molar-refractivity contribution in [2.24, 2.45) is 4.99 Å². The van der Waals surface area contributed by atoms with Crippen LogP contribution in [0.1, 0.15) is 17.0 Å². The third kappa shape index (κ3) is 4.31. The van der Waals surface area contributed by atoms with Crippen LogP contribution in [0, 0.1) is 0 Å². The summed E-state index contributed by atoms with van der Waals surface area (Å²) in [5.41, 5.74) is 4.15. The molecular weight excluding hydrogens is 532 g/mol. The molecule has 0 saturated heterocycles. The smallest absolute Gasteiger partial charge is 0.278 e. The van der Waals surface area contributed by atoms with Gasteiger partial charge in [0.25, 0.3) is 5.91 Å². The lowest BCUT2D eigenvalue weighted by molar-refractivity contribution is -0.122. The number of amides is 1. The van der Waals surface area contributed by atoms with Crippen LogP contribution in [0.5, 0.6) is 0 Å². The molecule has 1 aliphatic rings. The fraction of sp³-hybridized carbons (Fsp3) is 0.0800. The first-order valence-corrected chi connectivity index (χ1v) is 11.7. The van der Waals surface area contributed by atoms with Gasteiger partial charge < -0.3 is 4.98 Å². The molecule has 0 atom stereocenters. The molecule has 3 aromatic carbocycles. The number of benzene rings is 3. The molecule has 2 heterocycles.